The van der Waals surface area contributed by atoms with Gasteiger partial charge in [0.25, 0.3) is 5.91 Å². The van der Waals surface area contributed by atoms with Crippen LogP contribution in [0.2, 0.25) is 5.02 Å². The number of primary amides is 1. The molecule has 0 atom stereocenters. The van der Waals surface area contributed by atoms with Crippen molar-refractivity contribution in [1.82, 2.24) is 15.4 Å². The van der Waals surface area contributed by atoms with Gasteiger partial charge in [-0.15, -0.1) is 0 Å². The number of halogens is 1. The SMILES string of the molecule is CCOc1cc(-c2n[nH]nc2C(N)=O)cc(Cl)c1OC. The Morgan fingerprint density at radius 1 is 1.45 bits per heavy atom. The first kappa shape index (κ1) is 14.1. The summed E-state index contributed by atoms with van der Waals surface area (Å²) < 4.78 is 10.7. The molecule has 2 aromatic rings. The fourth-order valence-corrected chi connectivity index (χ4v) is 2.06. The molecular weight excluding hydrogens is 284 g/mol. The fourth-order valence-electron chi connectivity index (χ4n) is 1.77. The number of hydrogen-bond acceptors (Lipinski definition) is 5. The summed E-state index contributed by atoms with van der Waals surface area (Å²) in [5.74, 6) is 0.191. The van der Waals surface area contributed by atoms with Crippen LogP contribution in [0.5, 0.6) is 11.5 Å². The number of nitrogens with two attached hydrogens (primary N) is 1. The van der Waals surface area contributed by atoms with E-state index in [1.165, 1.54) is 7.11 Å². The van der Waals surface area contributed by atoms with Crippen molar-refractivity contribution in [2.24, 2.45) is 5.73 Å². The normalized spacial score (nSPS) is 10.3. The van der Waals surface area contributed by atoms with E-state index in [9.17, 15) is 4.79 Å². The highest BCUT2D eigenvalue weighted by Crippen LogP contribution is 2.39. The number of nitrogens with zero attached hydrogens (tertiary/aromatic N) is 2. The summed E-state index contributed by atoms with van der Waals surface area (Å²) in [6, 6.07) is 3.27. The maximum absolute atomic E-state index is 11.3. The van der Waals surface area contributed by atoms with Crippen LogP contribution < -0.4 is 15.2 Å². The zero-order valence-electron chi connectivity index (χ0n) is 10.9. The van der Waals surface area contributed by atoms with Crippen molar-refractivity contribution >= 4 is 17.5 Å². The van der Waals surface area contributed by atoms with Gasteiger partial charge in [-0.3, -0.25) is 4.79 Å². The summed E-state index contributed by atoms with van der Waals surface area (Å²) in [7, 11) is 1.49. The highest BCUT2D eigenvalue weighted by Gasteiger charge is 2.19. The summed E-state index contributed by atoms with van der Waals surface area (Å²) >= 11 is 6.14. The van der Waals surface area contributed by atoms with Crippen LogP contribution >= 0.6 is 11.6 Å². The number of carbonyl (C=O) groups excluding carboxylic acids is 1. The average Bonchev–Trinajstić information content (AvgIpc) is 2.88. The lowest BCUT2D eigenvalue weighted by atomic mass is 10.1. The van der Waals surface area contributed by atoms with Crippen LogP contribution in [0.4, 0.5) is 0 Å². The summed E-state index contributed by atoms with van der Waals surface area (Å²) in [4.78, 5) is 11.3. The number of aromatic nitrogens is 3. The second kappa shape index (κ2) is 5.79. The molecular formula is C12H13ClN4O3. The fraction of sp³-hybridized carbons (Fsp3) is 0.250. The first-order valence-electron chi connectivity index (χ1n) is 5.79. The number of benzene rings is 1. The third kappa shape index (κ3) is 2.53. The number of methoxy groups -OCH3 is 1. The van der Waals surface area contributed by atoms with E-state index in [1.807, 2.05) is 6.92 Å². The van der Waals surface area contributed by atoms with Gasteiger partial charge in [-0.1, -0.05) is 11.6 Å². The number of rotatable bonds is 5. The molecule has 0 aliphatic heterocycles. The molecule has 1 amide bonds. The van der Waals surface area contributed by atoms with Crippen molar-refractivity contribution in [2.75, 3.05) is 13.7 Å². The van der Waals surface area contributed by atoms with Crippen molar-refractivity contribution in [3.63, 3.8) is 0 Å². The Kier molecular flexibility index (Phi) is 4.09. The largest absolute Gasteiger partial charge is 0.491 e. The smallest absolute Gasteiger partial charge is 0.271 e. The number of nitrogens with one attached hydrogen (secondary N) is 1. The number of aromatic amines is 1. The molecule has 3 N–H and O–H groups in total. The molecule has 0 saturated carbocycles. The molecule has 0 saturated heterocycles. The molecule has 1 aromatic heterocycles. The predicted octanol–water partition coefficient (Wildman–Crippen LogP) is 1.63. The zero-order chi connectivity index (χ0) is 14.7. The van der Waals surface area contributed by atoms with E-state index in [1.54, 1.807) is 12.1 Å². The van der Waals surface area contributed by atoms with E-state index in [-0.39, 0.29) is 5.69 Å². The lowest BCUT2D eigenvalue weighted by Crippen LogP contribution is -2.12. The topological polar surface area (TPSA) is 103 Å². The number of hydrogen-bond donors (Lipinski definition) is 2. The predicted molar refractivity (Wildman–Crippen MR) is 73.1 cm³/mol. The Labute approximate surface area is 120 Å². The summed E-state index contributed by atoms with van der Waals surface area (Å²) in [6.45, 7) is 2.28. The molecule has 8 heteroatoms. The summed E-state index contributed by atoms with van der Waals surface area (Å²) in [5.41, 5.74) is 6.14. The van der Waals surface area contributed by atoms with Gasteiger partial charge >= 0.3 is 0 Å². The molecule has 0 fully saturated rings. The van der Waals surface area contributed by atoms with E-state index in [2.05, 4.69) is 15.4 Å². The minimum atomic E-state index is -0.682. The van der Waals surface area contributed by atoms with Crippen molar-refractivity contribution < 1.29 is 14.3 Å². The Morgan fingerprint density at radius 2 is 2.20 bits per heavy atom. The molecule has 20 heavy (non-hydrogen) atoms. The number of carbonyl (C=O) groups is 1. The van der Waals surface area contributed by atoms with Gasteiger partial charge in [0.2, 0.25) is 0 Å². The highest BCUT2D eigenvalue weighted by molar-refractivity contribution is 6.32. The van der Waals surface area contributed by atoms with E-state index in [0.717, 1.165) is 0 Å². The van der Waals surface area contributed by atoms with Crippen molar-refractivity contribution in [1.29, 1.82) is 0 Å². The molecule has 0 radical (unpaired) electrons. The van der Waals surface area contributed by atoms with Gasteiger partial charge in [0.1, 0.15) is 5.69 Å². The molecule has 0 bridgehead atoms. The first-order chi connectivity index (χ1) is 9.58. The summed E-state index contributed by atoms with van der Waals surface area (Å²) in [6.07, 6.45) is 0. The van der Waals surface area contributed by atoms with Crippen LogP contribution in [0.15, 0.2) is 12.1 Å². The van der Waals surface area contributed by atoms with Crippen molar-refractivity contribution in [3.8, 4) is 22.8 Å². The summed E-state index contributed by atoms with van der Waals surface area (Å²) in [5, 5.41) is 10.3. The third-order valence-electron chi connectivity index (χ3n) is 2.57. The monoisotopic (exact) mass is 296 g/mol. The van der Waals surface area contributed by atoms with Gasteiger partial charge in [0.15, 0.2) is 17.2 Å². The first-order valence-corrected chi connectivity index (χ1v) is 6.17. The van der Waals surface area contributed by atoms with Crippen LogP contribution in [0.25, 0.3) is 11.3 Å². The quantitative estimate of drug-likeness (QED) is 0.873. The van der Waals surface area contributed by atoms with Crippen molar-refractivity contribution in [2.45, 2.75) is 6.92 Å². The minimum absolute atomic E-state index is 0.0358. The molecule has 7 nitrogen and oxygen atoms in total. The van der Waals surface area contributed by atoms with Crippen LogP contribution in [-0.2, 0) is 0 Å². The Hall–Kier alpha value is -2.28. The van der Waals surface area contributed by atoms with Crippen LogP contribution in [-0.4, -0.2) is 35.0 Å². The zero-order valence-corrected chi connectivity index (χ0v) is 11.7. The number of amides is 1. The molecule has 0 aliphatic rings. The molecule has 0 spiro atoms. The molecule has 0 unspecified atom stereocenters. The number of ether oxygens (including phenoxy) is 2. The maximum Gasteiger partial charge on any atom is 0.271 e. The molecule has 0 aliphatic carbocycles. The molecule has 1 heterocycles. The van der Waals surface area contributed by atoms with Crippen molar-refractivity contribution in [3.05, 3.63) is 22.8 Å². The molecule has 2 rings (SSSR count). The second-order valence-electron chi connectivity index (χ2n) is 3.81. The standard InChI is InChI=1S/C12H13ClN4O3/c1-3-20-8-5-6(4-7(13)11(8)19-2)9-10(12(14)18)16-17-15-9/h4-5H,3H2,1-2H3,(H2,14,18)(H,15,16,17). The average molecular weight is 297 g/mol. The van der Waals surface area contributed by atoms with Gasteiger partial charge < -0.3 is 15.2 Å². The third-order valence-corrected chi connectivity index (χ3v) is 2.85. The Balaban J connectivity index is 2.57. The van der Waals surface area contributed by atoms with E-state index >= 15 is 0 Å². The van der Waals surface area contributed by atoms with Gasteiger partial charge in [-0.2, -0.15) is 15.4 Å². The van der Waals surface area contributed by atoms with E-state index < -0.39 is 5.91 Å². The molecule has 1 aromatic carbocycles. The van der Waals surface area contributed by atoms with Gasteiger partial charge in [0.05, 0.1) is 18.7 Å². The number of H-pyrrole nitrogens is 1. The van der Waals surface area contributed by atoms with Gasteiger partial charge in [-0.25, -0.2) is 0 Å². The Morgan fingerprint density at radius 3 is 2.80 bits per heavy atom. The van der Waals surface area contributed by atoms with Crippen LogP contribution in [0, 0.1) is 0 Å². The van der Waals surface area contributed by atoms with Gasteiger partial charge in [-0.05, 0) is 19.1 Å². The minimum Gasteiger partial charge on any atom is -0.491 e. The van der Waals surface area contributed by atoms with Crippen LogP contribution in [0.1, 0.15) is 17.4 Å². The van der Waals surface area contributed by atoms with E-state index in [4.69, 9.17) is 26.8 Å². The highest BCUT2D eigenvalue weighted by atomic mass is 35.5. The lowest BCUT2D eigenvalue weighted by Gasteiger charge is -2.12. The second-order valence-corrected chi connectivity index (χ2v) is 4.21. The van der Waals surface area contributed by atoms with E-state index in [0.29, 0.717) is 34.4 Å². The van der Waals surface area contributed by atoms with Gasteiger partial charge in [0, 0.05) is 5.56 Å². The van der Waals surface area contributed by atoms with Crippen LogP contribution in [0.3, 0.4) is 0 Å². The maximum atomic E-state index is 11.3. The molecule has 106 valence electrons. The lowest BCUT2D eigenvalue weighted by molar-refractivity contribution is 0.0996. The Bertz CT molecular complexity index is 642.